The molecule has 0 aromatic carbocycles. The second kappa shape index (κ2) is 6.04. The lowest BCUT2D eigenvalue weighted by Gasteiger charge is -2.09. The first-order chi connectivity index (χ1) is 6.72. The van der Waals surface area contributed by atoms with E-state index in [9.17, 15) is 0 Å². The highest BCUT2D eigenvalue weighted by Gasteiger charge is 1.97. The van der Waals surface area contributed by atoms with Gasteiger partial charge in [0.15, 0.2) is 0 Å². The molecule has 0 spiro atoms. The molecule has 1 aromatic heterocycles. The van der Waals surface area contributed by atoms with E-state index in [1.165, 1.54) is 16.3 Å². The van der Waals surface area contributed by atoms with Crippen LogP contribution in [0.2, 0.25) is 0 Å². The number of hydrogen-bond acceptors (Lipinski definition) is 3. The first kappa shape index (κ1) is 11.5. The smallest absolute Gasteiger partial charge is 0.0885 e. The van der Waals surface area contributed by atoms with Crippen LogP contribution in [0.25, 0.3) is 0 Å². The third-order valence-electron chi connectivity index (χ3n) is 2.09. The summed E-state index contributed by atoms with van der Waals surface area (Å²) < 4.78 is 0. The Hall–Kier alpha value is -0.540. The molecule has 1 rings (SSSR count). The van der Waals surface area contributed by atoms with Crippen molar-refractivity contribution in [1.29, 1.82) is 0 Å². The molecule has 0 atom stereocenters. The third kappa shape index (κ3) is 4.11. The highest BCUT2D eigenvalue weighted by Crippen LogP contribution is 2.21. The van der Waals surface area contributed by atoms with E-state index in [2.05, 4.69) is 43.4 Å². The van der Waals surface area contributed by atoms with Crippen molar-refractivity contribution in [3.05, 3.63) is 17.0 Å². The van der Waals surface area contributed by atoms with Crippen LogP contribution in [0.15, 0.2) is 12.1 Å². The summed E-state index contributed by atoms with van der Waals surface area (Å²) in [5.41, 5.74) is 0. The molecule has 0 unspecified atom stereocenters. The molecule has 0 fully saturated rings. The average Bonchev–Trinajstić information content (AvgIpc) is 2.60. The summed E-state index contributed by atoms with van der Waals surface area (Å²) in [4.78, 5) is 3.67. The van der Waals surface area contributed by atoms with Crippen LogP contribution < -0.4 is 5.32 Å². The van der Waals surface area contributed by atoms with E-state index in [-0.39, 0.29) is 0 Å². The first-order valence-corrected chi connectivity index (χ1v) is 6.01. The predicted molar refractivity (Wildman–Crippen MR) is 65.4 cm³/mol. The molecule has 0 amide bonds. The largest absolute Gasteiger partial charge is 0.377 e. The van der Waals surface area contributed by atoms with Gasteiger partial charge in [0.25, 0.3) is 0 Å². The van der Waals surface area contributed by atoms with Gasteiger partial charge in [-0.25, -0.2) is 0 Å². The number of nitrogens with zero attached hydrogens (tertiary/aromatic N) is 1. The maximum absolute atomic E-state index is 3.45. The van der Waals surface area contributed by atoms with Crippen LogP contribution in [0, 0.1) is 0 Å². The zero-order chi connectivity index (χ0) is 10.4. The zero-order valence-corrected chi connectivity index (χ0v) is 10.2. The summed E-state index contributed by atoms with van der Waals surface area (Å²) in [6.45, 7) is 4.42. The molecule has 1 N–H and O–H groups in total. The number of anilines is 1. The van der Waals surface area contributed by atoms with Crippen LogP contribution in [-0.4, -0.2) is 32.1 Å². The molecule has 1 aromatic rings. The van der Waals surface area contributed by atoms with Gasteiger partial charge < -0.3 is 10.2 Å². The maximum Gasteiger partial charge on any atom is 0.0885 e. The third-order valence-corrected chi connectivity index (χ3v) is 3.28. The monoisotopic (exact) mass is 212 g/mol. The van der Waals surface area contributed by atoms with E-state index in [1.54, 1.807) is 0 Å². The minimum absolute atomic E-state index is 1.07. The fourth-order valence-electron chi connectivity index (χ4n) is 1.27. The van der Waals surface area contributed by atoms with Gasteiger partial charge in [0.2, 0.25) is 0 Å². The Bertz CT molecular complexity index is 256. The predicted octanol–water partition coefficient (Wildman–Crippen LogP) is 2.67. The molecule has 0 radical (unpaired) electrons. The van der Waals surface area contributed by atoms with Crippen LogP contribution in [0.1, 0.15) is 18.2 Å². The second-order valence-electron chi connectivity index (χ2n) is 3.70. The lowest BCUT2D eigenvalue weighted by molar-refractivity contribution is 0.405. The van der Waals surface area contributed by atoms with Crippen LogP contribution >= 0.6 is 11.3 Å². The molecule has 0 bridgehead atoms. The van der Waals surface area contributed by atoms with Crippen LogP contribution in [0.3, 0.4) is 0 Å². The van der Waals surface area contributed by atoms with Gasteiger partial charge in [-0.15, -0.1) is 11.3 Å². The van der Waals surface area contributed by atoms with E-state index in [0.29, 0.717) is 0 Å². The Morgan fingerprint density at radius 2 is 2.14 bits per heavy atom. The highest BCUT2D eigenvalue weighted by molar-refractivity contribution is 7.16. The Labute approximate surface area is 90.9 Å². The summed E-state index contributed by atoms with van der Waals surface area (Å²) >= 11 is 1.87. The van der Waals surface area contributed by atoms with Crippen molar-refractivity contribution in [1.82, 2.24) is 4.90 Å². The summed E-state index contributed by atoms with van der Waals surface area (Å²) in [5.74, 6) is 0. The van der Waals surface area contributed by atoms with Crippen LogP contribution in [0.4, 0.5) is 5.00 Å². The topological polar surface area (TPSA) is 15.3 Å². The van der Waals surface area contributed by atoms with Gasteiger partial charge in [0, 0.05) is 11.4 Å². The standard InChI is InChI=1S/C11H20N2S/c1-4-10-6-7-11(14-10)12-8-5-9-13(2)3/h6-7,12H,4-5,8-9H2,1-3H3. The molecule has 3 heteroatoms. The van der Waals surface area contributed by atoms with Crippen molar-refractivity contribution in [3.8, 4) is 0 Å². The first-order valence-electron chi connectivity index (χ1n) is 5.19. The molecule has 2 nitrogen and oxygen atoms in total. The number of aryl methyl sites for hydroxylation is 1. The SMILES string of the molecule is CCc1ccc(NCCCN(C)C)s1. The molecule has 80 valence electrons. The molecular weight excluding hydrogens is 192 g/mol. The number of thiophene rings is 1. The molecule has 0 saturated heterocycles. The van der Waals surface area contributed by atoms with Gasteiger partial charge in [-0.1, -0.05) is 6.92 Å². The summed E-state index contributed by atoms with van der Waals surface area (Å²) in [5, 5.41) is 4.75. The van der Waals surface area contributed by atoms with E-state index in [1.807, 2.05) is 11.3 Å². The number of nitrogens with one attached hydrogen (secondary N) is 1. The fourth-order valence-corrected chi connectivity index (χ4v) is 2.14. The normalized spacial score (nSPS) is 10.9. The quantitative estimate of drug-likeness (QED) is 0.729. The van der Waals surface area contributed by atoms with E-state index in [0.717, 1.165) is 19.5 Å². The number of hydrogen-bond donors (Lipinski definition) is 1. The van der Waals surface area contributed by atoms with Crippen molar-refractivity contribution in [2.75, 3.05) is 32.5 Å². The highest BCUT2D eigenvalue weighted by atomic mass is 32.1. The Morgan fingerprint density at radius 3 is 2.71 bits per heavy atom. The van der Waals surface area contributed by atoms with Gasteiger partial charge in [0.1, 0.15) is 0 Å². The lowest BCUT2D eigenvalue weighted by atomic mass is 10.4. The lowest BCUT2D eigenvalue weighted by Crippen LogP contribution is -2.16. The minimum atomic E-state index is 1.07. The summed E-state index contributed by atoms with van der Waals surface area (Å²) in [7, 11) is 4.22. The van der Waals surface area contributed by atoms with Crippen molar-refractivity contribution >= 4 is 16.3 Å². The van der Waals surface area contributed by atoms with Crippen molar-refractivity contribution < 1.29 is 0 Å². The average molecular weight is 212 g/mol. The zero-order valence-electron chi connectivity index (χ0n) is 9.34. The van der Waals surface area contributed by atoms with E-state index in [4.69, 9.17) is 0 Å². The minimum Gasteiger partial charge on any atom is -0.377 e. The van der Waals surface area contributed by atoms with Crippen LogP contribution in [-0.2, 0) is 6.42 Å². The fraction of sp³-hybridized carbons (Fsp3) is 0.636. The van der Waals surface area contributed by atoms with Gasteiger partial charge in [-0.2, -0.15) is 0 Å². The molecule has 0 aliphatic heterocycles. The van der Waals surface area contributed by atoms with Gasteiger partial charge in [-0.3, -0.25) is 0 Å². The number of rotatable bonds is 6. The Morgan fingerprint density at radius 1 is 1.36 bits per heavy atom. The molecular formula is C11H20N2S. The molecule has 14 heavy (non-hydrogen) atoms. The van der Waals surface area contributed by atoms with Crippen LogP contribution in [0.5, 0.6) is 0 Å². The van der Waals surface area contributed by atoms with Crippen molar-refractivity contribution in [2.24, 2.45) is 0 Å². The Kier molecular flexibility index (Phi) is 4.98. The van der Waals surface area contributed by atoms with Gasteiger partial charge in [-0.05, 0) is 45.6 Å². The maximum atomic E-state index is 3.45. The van der Waals surface area contributed by atoms with E-state index >= 15 is 0 Å². The molecule has 0 saturated carbocycles. The Balaban J connectivity index is 2.18. The second-order valence-corrected chi connectivity index (χ2v) is 4.87. The summed E-state index contributed by atoms with van der Waals surface area (Å²) in [6, 6.07) is 4.39. The molecule has 0 aliphatic carbocycles. The van der Waals surface area contributed by atoms with Gasteiger partial charge >= 0.3 is 0 Å². The van der Waals surface area contributed by atoms with E-state index < -0.39 is 0 Å². The molecule has 0 aliphatic rings. The molecule has 1 heterocycles. The van der Waals surface area contributed by atoms with Gasteiger partial charge in [0.05, 0.1) is 5.00 Å². The van der Waals surface area contributed by atoms with Crippen molar-refractivity contribution in [2.45, 2.75) is 19.8 Å². The summed E-state index contributed by atoms with van der Waals surface area (Å²) in [6.07, 6.45) is 2.34. The van der Waals surface area contributed by atoms with Crippen molar-refractivity contribution in [3.63, 3.8) is 0 Å².